The van der Waals surface area contributed by atoms with E-state index in [1.54, 1.807) is 30.3 Å². The van der Waals surface area contributed by atoms with Crippen molar-refractivity contribution in [1.29, 1.82) is 0 Å². The number of benzene rings is 3. The number of ether oxygens (including phenoxy) is 3. The molecule has 184 valence electrons. The van der Waals surface area contributed by atoms with Crippen LogP contribution in [0.25, 0.3) is 0 Å². The maximum atomic E-state index is 14.0. The van der Waals surface area contributed by atoms with Gasteiger partial charge in [0.2, 0.25) is 35.8 Å². The highest BCUT2D eigenvalue weighted by molar-refractivity contribution is 6.42. The highest BCUT2D eigenvalue weighted by atomic mass is 35.5. The van der Waals surface area contributed by atoms with Gasteiger partial charge in [-0.15, -0.1) is 0 Å². The van der Waals surface area contributed by atoms with Crippen LogP contribution in [-0.4, -0.2) is 35.8 Å². The third-order valence-electron chi connectivity index (χ3n) is 7.41. The first-order chi connectivity index (χ1) is 17.8. The van der Waals surface area contributed by atoms with Gasteiger partial charge in [-0.2, -0.15) is 0 Å². The van der Waals surface area contributed by atoms with Crippen LogP contribution in [0.15, 0.2) is 60.7 Å². The minimum Gasteiger partial charge on any atom is -0.454 e. The molecule has 0 bridgehead atoms. The Morgan fingerprint density at radius 3 is 2.19 bits per heavy atom. The van der Waals surface area contributed by atoms with E-state index in [0.29, 0.717) is 17.1 Å². The predicted molar refractivity (Wildman–Crippen MR) is 130 cm³/mol. The Morgan fingerprint density at radius 2 is 1.49 bits per heavy atom. The molecule has 4 aliphatic rings. The quantitative estimate of drug-likeness (QED) is 0.353. The monoisotopic (exact) mass is 535 g/mol. The second kappa shape index (κ2) is 7.64. The third kappa shape index (κ3) is 2.83. The Bertz CT molecular complexity index is 1550. The summed E-state index contributed by atoms with van der Waals surface area (Å²) >= 11 is 12.3. The van der Waals surface area contributed by atoms with Gasteiger partial charge in [0.05, 0.1) is 33.7 Å². The average Bonchev–Trinajstić information content (AvgIpc) is 3.62. The van der Waals surface area contributed by atoms with Crippen molar-refractivity contribution in [3.05, 3.63) is 87.4 Å². The van der Waals surface area contributed by atoms with Gasteiger partial charge in [-0.3, -0.25) is 19.2 Å². The summed E-state index contributed by atoms with van der Waals surface area (Å²) in [5.74, 6) is -4.26. The van der Waals surface area contributed by atoms with Gasteiger partial charge in [0.25, 0.3) is 0 Å². The second-order valence-electron chi connectivity index (χ2n) is 9.20. The van der Waals surface area contributed by atoms with Gasteiger partial charge in [-0.05, 0) is 29.8 Å². The van der Waals surface area contributed by atoms with Gasteiger partial charge in [0.15, 0.2) is 11.5 Å². The van der Waals surface area contributed by atoms with Crippen LogP contribution in [0.2, 0.25) is 10.0 Å². The van der Waals surface area contributed by atoms with Crippen LogP contribution < -0.4 is 14.4 Å². The summed E-state index contributed by atoms with van der Waals surface area (Å²) in [5, 5.41) is 0.489. The minimum atomic E-state index is -2.18. The van der Waals surface area contributed by atoms with Crippen molar-refractivity contribution >= 4 is 52.3 Å². The number of fused-ring (bicyclic) bond motifs is 4. The van der Waals surface area contributed by atoms with Gasteiger partial charge in [0, 0.05) is 17.2 Å². The van der Waals surface area contributed by atoms with E-state index in [-0.39, 0.29) is 33.7 Å². The third-order valence-corrected chi connectivity index (χ3v) is 8.14. The zero-order chi connectivity index (χ0) is 25.6. The maximum absolute atomic E-state index is 14.0. The fourth-order valence-corrected chi connectivity index (χ4v) is 6.09. The molecule has 3 aromatic rings. The molecule has 0 aromatic heterocycles. The van der Waals surface area contributed by atoms with Gasteiger partial charge in [-0.1, -0.05) is 53.5 Å². The molecule has 2 fully saturated rings. The van der Waals surface area contributed by atoms with Crippen LogP contribution in [0.4, 0.5) is 5.69 Å². The van der Waals surface area contributed by atoms with Crippen LogP contribution in [0.3, 0.4) is 0 Å². The molecule has 0 saturated carbocycles. The standard InChI is InChI=1S/C27H15Cl2NO7/c28-16-7-5-12(9-17(16)29)22-20-21(27(37-22)23(31)14-3-1-2-4-15(14)24(27)32)26(34)30(25(20)33)13-6-8-18-19(10-13)36-11-35-18/h1-10,20-22H,11H2. The normalized spacial score (nSPS) is 24.8. The van der Waals surface area contributed by atoms with Gasteiger partial charge in [0.1, 0.15) is 0 Å². The molecular formula is C27H15Cl2NO7. The van der Waals surface area contributed by atoms with E-state index in [1.165, 1.54) is 30.3 Å². The van der Waals surface area contributed by atoms with Crippen molar-refractivity contribution in [3.8, 4) is 11.5 Å². The van der Waals surface area contributed by atoms with Crippen LogP contribution >= 0.6 is 23.2 Å². The molecule has 0 radical (unpaired) electrons. The number of ketones is 2. The summed E-state index contributed by atoms with van der Waals surface area (Å²) in [4.78, 5) is 56.5. The van der Waals surface area contributed by atoms with E-state index in [1.807, 2.05) is 0 Å². The van der Waals surface area contributed by atoms with E-state index >= 15 is 0 Å². The predicted octanol–water partition coefficient (Wildman–Crippen LogP) is 4.42. The first-order valence-electron chi connectivity index (χ1n) is 11.4. The Labute approximate surface area is 219 Å². The molecule has 0 N–H and O–H groups in total. The number of carbonyl (C=O) groups is 4. The van der Waals surface area contributed by atoms with E-state index < -0.39 is 46.9 Å². The summed E-state index contributed by atoms with van der Waals surface area (Å²) in [6.45, 7) is 0.0174. The number of amides is 2. The number of halogens is 2. The number of carbonyl (C=O) groups excluding carboxylic acids is 4. The van der Waals surface area contributed by atoms with Crippen molar-refractivity contribution < 1.29 is 33.4 Å². The highest BCUT2D eigenvalue weighted by Gasteiger charge is 2.74. The summed E-state index contributed by atoms with van der Waals surface area (Å²) in [5.41, 5.74) is -1.20. The molecule has 1 aliphatic carbocycles. The molecule has 37 heavy (non-hydrogen) atoms. The van der Waals surface area contributed by atoms with Gasteiger partial charge < -0.3 is 14.2 Å². The lowest BCUT2D eigenvalue weighted by molar-refractivity contribution is -0.127. The number of nitrogens with zero attached hydrogens (tertiary/aromatic N) is 1. The first-order valence-corrected chi connectivity index (χ1v) is 12.2. The molecule has 2 amide bonds. The number of rotatable bonds is 2. The number of Topliss-reactive ketones (excluding diaryl/α,β-unsaturated/α-hetero) is 2. The molecule has 3 unspecified atom stereocenters. The highest BCUT2D eigenvalue weighted by Crippen LogP contribution is 2.58. The van der Waals surface area contributed by atoms with Crippen molar-refractivity contribution in [2.45, 2.75) is 11.7 Å². The Hall–Kier alpha value is -3.72. The summed E-state index contributed by atoms with van der Waals surface area (Å²) in [6.07, 6.45) is -1.10. The first kappa shape index (κ1) is 22.5. The maximum Gasteiger partial charge on any atom is 0.241 e. The molecule has 3 heterocycles. The Kier molecular flexibility index (Phi) is 4.64. The van der Waals surface area contributed by atoms with Crippen LogP contribution in [0, 0.1) is 11.8 Å². The molecule has 8 nitrogen and oxygen atoms in total. The van der Waals surface area contributed by atoms with Crippen LogP contribution in [0.5, 0.6) is 11.5 Å². The largest absolute Gasteiger partial charge is 0.454 e. The summed E-state index contributed by atoms with van der Waals surface area (Å²) in [7, 11) is 0. The summed E-state index contributed by atoms with van der Waals surface area (Å²) < 4.78 is 17.0. The zero-order valence-electron chi connectivity index (χ0n) is 18.8. The average molecular weight is 536 g/mol. The molecule has 3 aromatic carbocycles. The smallest absolute Gasteiger partial charge is 0.241 e. The van der Waals surface area contributed by atoms with Crippen LogP contribution in [-0.2, 0) is 14.3 Å². The number of hydrogen-bond donors (Lipinski definition) is 0. The lowest BCUT2D eigenvalue weighted by Crippen LogP contribution is -2.51. The fourth-order valence-electron chi connectivity index (χ4n) is 5.79. The van der Waals surface area contributed by atoms with Gasteiger partial charge >= 0.3 is 0 Å². The minimum absolute atomic E-state index is 0.0174. The Balaban J connectivity index is 1.41. The molecule has 2 saturated heterocycles. The molecule has 7 rings (SSSR count). The molecular weight excluding hydrogens is 521 g/mol. The number of imide groups is 1. The lowest BCUT2D eigenvalue weighted by Gasteiger charge is -2.27. The van der Waals surface area contributed by atoms with Crippen molar-refractivity contribution in [2.24, 2.45) is 11.8 Å². The van der Waals surface area contributed by atoms with Crippen LogP contribution in [0.1, 0.15) is 32.4 Å². The molecule has 3 aliphatic heterocycles. The van der Waals surface area contributed by atoms with Crippen molar-refractivity contribution in [2.75, 3.05) is 11.7 Å². The van der Waals surface area contributed by atoms with Crippen molar-refractivity contribution in [3.63, 3.8) is 0 Å². The van der Waals surface area contributed by atoms with E-state index in [9.17, 15) is 19.2 Å². The topological polar surface area (TPSA) is 99.2 Å². The zero-order valence-corrected chi connectivity index (χ0v) is 20.3. The fraction of sp³-hybridized carbons (Fsp3) is 0.185. The molecule has 10 heteroatoms. The lowest BCUT2D eigenvalue weighted by atomic mass is 9.77. The summed E-state index contributed by atoms with van der Waals surface area (Å²) in [6, 6.07) is 15.6. The molecule has 1 spiro atoms. The SMILES string of the molecule is O=C1C2C(c3ccc(Cl)c(Cl)c3)OC3(C(=O)c4ccccc4C3=O)C2C(=O)N1c1ccc2c(c1)OCO2. The van der Waals surface area contributed by atoms with Gasteiger partial charge in [-0.25, -0.2) is 4.90 Å². The number of anilines is 1. The van der Waals surface area contributed by atoms with Crippen molar-refractivity contribution in [1.82, 2.24) is 0 Å². The number of hydrogen-bond acceptors (Lipinski definition) is 7. The van der Waals surface area contributed by atoms with E-state index in [0.717, 1.165) is 4.90 Å². The Morgan fingerprint density at radius 1 is 0.784 bits per heavy atom. The molecule has 3 atom stereocenters. The second-order valence-corrected chi connectivity index (χ2v) is 10.0. The van der Waals surface area contributed by atoms with E-state index in [4.69, 9.17) is 37.4 Å². The van der Waals surface area contributed by atoms with E-state index in [2.05, 4.69) is 0 Å².